The Hall–Kier alpha value is -1.47. The zero-order chi connectivity index (χ0) is 11.7. The third-order valence-corrected chi connectivity index (χ3v) is 1.29. The van der Waals surface area contributed by atoms with E-state index in [4.69, 9.17) is 0 Å². The molecular formula is C7H3F6NO. The van der Waals surface area contributed by atoms with Crippen LogP contribution in [0.5, 0.6) is 5.75 Å². The van der Waals surface area contributed by atoms with Gasteiger partial charge in [0.2, 0.25) is 0 Å². The van der Waals surface area contributed by atoms with Crippen molar-refractivity contribution in [3.63, 3.8) is 0 Å². The maximum atomic E-state index is 12.6. The van der Waals surface area contributed by atoms with Crippen molar-refractivity contribution in [3.05, 3.63) is 24.3 Å². The Morgan fingerprint density at radius 2 is 1.73 bits per heavy atom. The fourth-order valence-corrected chi connectivity index (χ4v) is 0.643. The fraction of sp³-hybridized carbons (Fsp3) is 0.286. The molecule has 0 aliphatic heterocycles. The van der Waals surface area contributed by atoms with Gasteiger partial charge in [0, 0.05) is 6.20 Å². The third kappa shape index (κ3) is 2.51. The predicted octanol–water partition coefficient (Wildman–Crippen LogP) is 2.75. The minimum Gasteiger partial charge on any atom is -0.421 e. The molecule has 0 saturated carbocycles. The summed E-state index contributed by atoms with van der Waals surface area (Å²) in [4.78, 5) is 2.85. The molecule has 1 rings (SSSR count). The molecule has 0 aromatic carbocycles. The number of rotatable bonds is 2. The van der Waals surface area contributed by atoms with Crippen molar-refractivity contribution in [2.75, 3.05) is 0 Å². The Labute approximate surface area is 79.5 Å². The van der Waals surface area contributed by atoms with Crippen LogP contribution >= 0.6 is 0 Å². The second-order valence-corrected chi connectivity index (χ2v) is 2.41. The number of pyridine rings is 1. The molecular weight excluding hydrogens is 228 g/mol. The lowest BCUT2D eigenvalue weighted by Crippen LogP contribution is -2.42. The van der Waals surface area contributed by atoms with Gasteiger partial charge in [-0.3, -0.25) is 0 Å². The van der Waals surface area contributed by atoms with Crippen molar-refractivity contribution in [2.24, 2.45) is 0 Å². The minimum atomic E-state index is -5.91. The number of aromatic nitrogens is 1. The van der Waals surface area contributed by atoms with Crippen molar-refractivity contribution in [1.29, 1.82) is 0 Å². The van der Waals surface area contributed by atoms with E-state index in [-0.39, 0.29) is 0 Å². The molecule has 0 fully saturated rings. The number of alkyl halides is 5. The van der Waals surface area contributed by atoms with Crippen LogP contribution in [0.2, 0.25) is 0 Å². The van der Waals surface area contributed by atoms with Crippen LogP contribution in [0.1, 0.15) is 0 Å². The Bertz CT molecular complexity index is 350. The molecule has 0 unspecified atom stereocenters. The molecule has 0 atom stereocenters. The van der Waals surface area contributed by atoms with E-state index in [1.165, 1.54) is 0 Å². The largest absolute Gasteiger partial charge is 0.499 e. The summed E-state index contributed by atoms with van der Waals surface area (Å²) in [6, 6.07) is 1.58. The summed E-state index contributed by atoms with van der Waals surface area (Å²) in [7, 11) is 0. The van der Waals surface area contributed by atoms with Gasteiger partial charge in [0.25, 0.3) is 5.95 Å². The second kappa shape index (κ2) is 3.59. The Kier molecular flexibility index (Phi) is 2.78. The monoisotopic (exact) mass is 231 g/mol. The summed E-state index contributed by atoms with van der Waals surface area (Å²) in [5.74, 6) is -2.80. The van der Waals surface area contributed by atoms with Crippen molar-refractivity contribution < 1.29 is 31.1 Å². The Morgan fingerprint density at radius 3 is 2.20 bits per heavy atom. The molecule has 0 aliphatic rings. The van der Waals surface area contributed by atoms with Crippen LogP contribution < -0.4 is 4.74 Å². The quantitative estimate of drug-likeness (QED) is 0.576. The third-order valence-electron chi connectivity index (χ3n) is 1.29. The summed E-state index contributed by atoms with van der Waals surface area (Å²) in [6.45, 7) is 0. The highest BCUT2D eigenvalue weighted by Crippen LogP contribution is 2.37. The van der Waals surface area contributed by atoms with Crippen LogP contribution in [0, 0.1) is 5.95 Å². The van der Waals surface area contributed by atoms with E-state index in [1.54, 1.807) is 0 Å². The molecule has 2 nitrogen and oxygen atoms in total. The molecule has 0 amide bonds. The molecule has 0 N–H and O–H groups in total. The van der Waals surface area contributed by atoms with E-state index < -0.39 is 24.0 Å². The van der Waals surface area contributed by atoms with Gasteiger partial charge >= 0.3 is 12.3 Å². The van der Waals surface area contributed by atoms with Crippen LogP contribution in [0.25, 0.3) is 0 Å². The topological polar surface area (TPSA) is 22.1 Å². The lowest BCUT2D eigenvalue weighted by atomic mass is 10.4. The van der Waals surface area contributed by atoms with E-state index in [1.807, 2.05) is 0 Å². The number of nitrogens with zero attached hydrogens (tertiary/aromatic N) is 1. The molecule has 1 aromatic heterocycles. The summed E-state index contributed by atoms with van der Waals surface area (Å²) >= 11 is 0. The minimum absolute atomic E-state index is 0.613. The van der Waals surface area contributed by atoms with Crippen LogP contribution in [0.4, 0.5) is 26.3 Å². The Balaban J connectivity index is 2.92. The highest BCUT2D eigenvalue weighted by molar-refractivity contribution is 5.18. The lowest BCUT2D eigenvalue weighted by molar-refractivity contribution is -0.361. The first-order valence-electron chi connectivity index (χ1n) is 3.48. The lowest BCUT2D eigenvalue weighted by Gasteiger charge is -2.19. The smallest absolute Gasteiger partial charge is 0.421 e. The molecule has 15 heavy (non-hydrogen) atoms. The van der Waals surface area contributed by atoms with Crippen molar-refractivity contribution >= 4 is 0 Å². The maximum Gasteiger partial charge on any atom is 0.499 e. The van der Waals surface area contributed by atoms with E-state index in [9.17, 15) is 26.3 Å². The van der Waals surface area contributed by atoms with E-state index in [0.29, 0.717) is 6.07 Å². The normalized spacial score (nSPS) is 12.7. The average Bonchev–Trinajstić information content (AvgIpc) is 2.06. The van der Waals surface area contributed by atoms with E-state index in [0.717, 1.165) is 12.3 Å². The maximum absolute atomic E-state index is 12.6. The zero-order valence-corrected chi connectivity index (χ0v) is 6.86. The van der Waals surface area contributed by atoms with Gasteiger partial charge in [-0.05, 0) is 12.1 Å². The van der Waals surface area contributed by atoms with Gasteiger partial charge in [0.15, 0.2) is 5.75 Å². The van der Waals surface area contributed by atoms with Crippen molar-refractivity contribution in [3.8, 4) is 5.75 Å². The summed E-state index contributed by atoms with van der Waals surface area (Å²) < 4.78 is 75.2. The average molecular weight is 231 g/mol. The van der Waals surface area contributed by atoms with Crippen LogP contribution in [0.3, 0.4) is 0 Å². The molecule has 0 aliphatic carbocycles. The highest BCUT2D eigenvalue weighted by atomic mass is 19.4. The van der Waals surface area contributed by atoms with Crippen LogP contribution in [0.15, 0.2) is 18.3 Å². The summed E-state index contributed by atoms with van der Waals surface area (Å²) in [5, 5.41) is 0. The van der Waals surface area contributed by atoms with Gasteiger partial charge < -0.3 is 4.74 Å². The zero-order valence-electron chi connectivity index (χ0n) is 6.86. The first kappa shape index (κ1) is 11.6. The summed E-state index contributed by atoms with van der Waals surface area (Å²) in [6.07, 6.45) is -10.5. The predicted molar refractivity (Wildman–Crippen MR) is 35.8 cm³/mol. The van der Waals surface area contributed by atoms with Gasteiger partial charge in [-0.25, -0.2) is 4.98 Å². The number of hydrogen-bond donors (Lipinski definition) is 0. The molecule has 0 radical (unpaired) electrons. The first-order chi connectivity index (χ1) is 6.74. The van der Waals surface area contributed by atoms with Gasteiger partial charge in [-0.2, -0.15) is 26.3 Å². The molecule has 84 valence electrons. The molecule has 0 bridgehead atoms. The number of hydrogen-bond acceptors (Lipinski definition) is 2. The van der Waals surface area contributed by atoms with Crippen LogP contribution in [-0.4, -0.2) is 17.3 Å². The fourth-order valence-electron chi connectivity index (χ4n) is 0.643. The van der Waals surface area contributed by atoms with Gasteiger partial charge in [0.1, 0.15) is 0 Å². The molecule has 1 aromatic rings. The van der Waals surface area contributed by atoms with Crippen molar-refractivity contribution in [1.82, 2.24) is 4.98 Å². The SMILES string of the molecule is Fc1ncccc1OC(F)(F)C(F)(F)F. The number of ether oxygens (including phenoxy) is 1. The number of halogens is 6. The van der Waals surface area contributed by atoms with Crippen molar-refractivity contribution in [2.45, 2.75) is 12.3 Å². The van der Waals surface area contributed by atoms with Gasteiger partial charge in [0.05, 0.1) is 0 Å². The van der Waals surface area contributed by atoms with E-state index >= 15 is 0 Å². The molecule has 1 heterocycles. The van der Waals surface area contributed by atoms with E-state index in [2.05, 4.69) is 9.72 Å². The highest BCUT2D eigenvalue weighted by Gasteiger charge is 2.61. The Morgan fingerprint density at radius 1 is 1.13 bits per heavy atom. The van der Waals surface area contributed by atoms with Crippen LogP contribution in [-0.2, 0) is 0 Å². The summed E-state index contributed by atoms with van der Waals surface area (Å²) in [5.41, 5.74) is 0. The molecule has 0 saturated heterocycles. The van der Waals surface area contributed by atoms with Gasteiger partial charge in [-0.1, -0.05) is 0 Å². The molecule has 0 spiro atoms. The first-order valence-corrected chi connectivity index (χ1v) is 3.48. The molecule has 8 heteroatoms. The van der Waals surface area contributed by atoms with Gasteiger partial charge in [-0.15, -0.1) is 0 Å². The second-order valence-electron chi connectivity index (χ2n) is 2.41. The standard InChI is InChI=1S/C7H3F6NO/c8-5-4(2-1-3-14-5)15-7(12,13)6(9,10)11/h1-3H.